The molecule has 1 nitrogen and oxygen atoms in total. The van der Waals surface area contributed by atoms with Crippen molar-refractivity contribution in [3.63, 3.8) is 0 Å². The highest BCUT2D eigenvalue weighted by Gasteiger charge is 2.35. The van der Waals surface area contributed by atoms with E-state index in [4.69, 9.17) is 11.6 Å². The summed E-state index contributed by atoms with van der Waals surface area (Å²) in [5.74, 6) is 0. The van der Waals surface area contributed by atoms with Gasteiger partial charge in [-0.15, -0.1) is 0 Å². The molecule has 0 rings (SSSR count). The molecule has 0 fully saturated rings. The third kappa shape index (κ3) is 5.02. The first kappa shape index (κ1) is 14.8. The molecule has 0 atom stereocenters. The molecule has 0 aliphatic carbocycles. The van der Waals surface area contributed by atoms with Gasteiger partial charge in [-0.25, -0.2) is 0 Å². The average Bonchev–Trinajstić information content (AvgIpc) is 1.95. The van der Waals surface area contributed by atoms with Gasteiger partial charge in [0.15, 0.2) is 0 Å². The molecule has 0 radical (unpaired) electrons. The van der Waals surface area contributed by atoms with E-state index in [1.165, 1.54) is 4.91 Å². The van der Waals surface area contributed by atoms with Crippen LogP contribution in [-0.4, -0.2) is 20.1 Å². The summed E-state index contributed by atoms with van der Waals surface area (Å²) >= 11 is 7.56. The molecule has 0 aliphatic heterocycles. The smallest absolute Gasteiger partial charge is 0.123 e. The Kier molecular flexibility index (Phi) is 5.50. The van der Waals surface area contributed by atoms with Crippen molar-refractivity contribution in [2.45, 2.75) is 46.2 Å². The minimum atomic E-state index is -1.24. The fourth-order valence-electron chi connectivity index (χ4n) is 1.44. The lowest BCUT2D eigenvalue weighted by Gasteiger charge is -2.42. The van der Waals surface area contributed by atoms with Gasteiger partial charge in [-0.1, -0.05) is 62.8 Å². The van der Waals surface area contributed by atoms with E-state index in [0.29, 0.717) is 0 Å². The molecular formula is C9H22ClNSSi2. The number of hydrogen-bond donors (Lipinski definition) is 0. The predicted molar refractivity (Wildman–Crippen MR) is 75.7 cm³/mol. The molecule has 0 N–H and O–H groups in total. The maximum Gasteiger partial charge on any atom is 0.123 e. The van der Waals surface area contributed by atoms with E-state index in [1.54, 1.807) is 5.54 Å². The van der Waals surface area contributed by atoms with E-state index in [-0.39, 0.29) is 0 Å². The minimum absolute atomic E-state index is 1.19. The van der Waals surface area contributed by atoms with Crippen molar-refractivity contribution in [1.82, 2.24) is 3.64 Å². The number of nitrogens with zero attached hydrogens (tertiary/aromatic N) is 1. The second kappa shape index (κ2) is 5.21. The van der Waals surface area contributed by atoms with E-state index in [2.05, 4.69) is 49.8 Å². The molecule has 14 heavy (non-hydrogen) atoms. The van der Waals surface area contributed by atoms with E-state index < -0.39 is 16.5 Å². The Labute approximate surface area is 100 Å². The van der Waals surface area contributed by atoms with Crippen molar-refractivity contribution < 1.29 is 0 Å². The Bertz CT molecular complexity index is 204. The van der Waals surface area contributed by atoms with Gasteiger partial charge in [0.05, 0.1) is 0 Å². The summed E-state index contributed by atoms with van der Waals surface area (Å²) in [4.78, 5) is 1.19. The Balaban J connectivity index is 4.77. The highest BCUT2D eigenvalue weighted by atomic mass is 35.5. The van der Waals surface area contributed by atoms with E-state index in [9.17, 15) is 0 Å². The number of rotatable bonds is 4. The molecule has 0 aromatic rings. The molecule has 0 amide bonds. The number of halogens is 1. The monoisotopic (exact) mass is 267 g/mol. The van der Waals surface area contributed by atoms with Crippen LogP contribution >= 0.6 is 23.5 Å². The number of hydrogen-bond acceptors (Lipinski definition) is 2. The lowest BCUT2D eigenvalue weighted by Crippen LogP contribution is -2.54. The van der Waals surface area contributed by atoms with Gasteiger partial charge in [0, 0.05) is 10.4 Å². The lowest BCUT2D eigenvalue weighted by molar-refractivity contribution is 1.00. The van der Waals surface area contributed by atoms with E-state index >= 15 is 0 Å². The fraction of sp³-hybridized carbons (Fsp3) is 0.778. The van der Waals surface area contributed by atoms with E-state index in [0.717, 1.165) is 0 Å². The minimum Gasteiger partial charge on any atom is -0.289 e. The molecule has 0 aromatic carbocycles. The predicted octanol–water partition coefficient (Wildman–Crippen LogP) is 4.71. The zero-order chi connectivity index (χ0) is 11.6. The van der Waals surface area contributed by atoms with Crippen LogP contribution in [0.1, 0.15) is 6.92 Å². The quantitative estimate of drug-likeness (QED) is 0.536. The van der Waals surface area contributed by atoms with Crippen LogP contribution in [0.5, 0.6) is 0 Å². The van der Waals surface area contributed by atoms with Crippen LogP contribution in [0.25, 0.3) is 0 Å². The van der Waals surface area contributed by atoms with Gasteiger partial charge in [0.1, 0.15) is 16.5 Å². The highest BCUT2D eigenvalue weighted by Crippen LogP contribution is 2.32. The second-order valence-electron chi connectivity index (χ2n) is 5.45. The summed E-state index contributed by atoms with van der Waals surface area (Å²) in [7, 11) is -2.49. The van der Waals surface area contributed by atoms with Crippen LogP contribution in [0.15, 0.2) is 10.4 Å². The van der Waals surface area contributed by atoms with Gasteiger partial charge in [-0.05, 0) is 6.92 Å². The molecule has 0 bridgehead atoms. The Morgan fingerprint density at radius 3 is 1.64 bits per heavy atom. The lowest BCUT2D eigenvalue weighted by atomic mass is 10.8. The van der Waals surface area contributed by atoms with Crippen molar-refractivity contribution in [1.29, 1.82) is 0 Å². The standard InChI is InChI=1S/C9H22ClNSSi2/c1-9(8-10)12-11(13(2,3)4)14(5,6)7/h8H,1-7H3/b9-8+. The van der Waals surface area contributed by atoms with Crippen molar-refractivity contribution in [3.05, 3.63) is 10.4 Å². The van der Waals surface area contributed by atoms with Crippen LogP contribution in [0, 0.1) is 0 Å². The summed E-state index contributed by atoms with van der Waals surface area (Å²) in [6.07, 6.45) is 0. The molecular weight excluding hydrogens is 246 g/mol. The second-order valence-corrected chi connectivity index (χ2v) is 17.5. The molecule has 0 unspecified atom stereocenters. The van der Waals surface area contributed by atoms with Crippen molar-refractivity contribution >= 4 is 40.0 Å². The fourth-order valence-corrected chi connectivity index (χ4v) is 13.0. The first-order valence-corrected chi connectivity index (χ1v) is 12.9. The van der Waals surface area contributed by atoms with Crippen LogP contribution in [-0.2, 0) is 0 Å². The molecule has 0 aromatic heterocycles. The summed E-state index contributed by atoms with van der Waals surface area (Å²) in [6.45, 7) is 16.4. The van der Waals surface area contributed by atoms with Gasteiger partial charge in [-0.2, -0.15) is 0 Å². The maximum atomic E-state index is 5.72. The normalized spacial score (nSPS) is 15.1. The topological polar surface area (TPSA) is 3.24 Å². The molecule has 0 saturated carbocycles. The van der Waals surface area contributed by atoms with Crippen LogP contribution in [0.4, 0.5) is 0 Å². The molecule has 0 heterocycles. The highest BCUT2D eigenvalue weighted by molar-refractivity contribution is 8.03. The number of allylic oxidation sites excluding steroid dienone is 1. The van der Waals surface area contributed by atoms with Gasteiger partial charge >= 0.3 is 0 Å². The largest absolute Gasteiger partial charge is 0.289 e. The Morgan fingerprint density at radius 1 is 1.07 bits per heavy atom. The third-order valence-electron chi connectivity index (χ3n) is 1.61. The molecule has 0 spiro atoms. The van der Waals surface area contributed by atoms with Crippen LogP contribution in [0.2, 0.25) is 39.3 Å². The molecule has 0 saturated heterocycles. The van der Waals surface area contributed by atoms with Crippen LogP contribution < -0.4 is 0 Å². The zero-order valence-corrected chi connectivity index (χ0v) is 13.9. The summed E-state index contributed by atoms with van der Waals surface area (Å²) in [5.41, 5.74) is 1.68. The van der Waals surface area contributed by atoms with Crippen molar-refractivity contribution in [2.75, 3.05) is 0 Å². The first-order chi connectivity index (χ1) is 6.09. The van der Waals surface area contributed by atoms with E-state index in [1.807, 2.05) is 11.9 Å². The average molecular weight is 268 g/mol. The third-order valence-corrected chi connectivity index (χ3v) is 12.9. The van der Waals surface area contributed by atoms with Gasteiger partial charge in [0.25, 0.3) is 0 Å². The van der Waals surface area contributed by atoms with Gasteiger partial charge in [-0.3, -0.25) is 3.64 Å². The van der Waals surface area contributed by atoms with Gasteiger partial charge < -0.3 is 0 Å². The van der Waals surface area contributed by atoms with Crippen molar-refractivity contribution in [2.24, 2.45) is 0 Å². The molecule has 0 aliphatic rings. The summed E-state index contributed by atoms with van der Waals surface area (Å²) in [6, 6.07) is 0. The zero-order valence-electron chi connectivity index (χ0n) is 10.3. The summed E-state index contributed by atoms with van der Waals surface area (Å²) in [5, 5.41) is 0. The molecule has 84 valence electrons. The van der Waals surface area contributed by atoms with Gasteiger partial charge in [0.2, 0.25) is 0 Å². The molecule has 5 heteroatoms. The maximum absolute atomic E-state index is 5.72. The Hall–Kier alpha value is 0.774. The van der Waals surface area contributed by atoms with Crippen LogP contribution in [0.3, 0.4) is 0 Å². The van der Waals surface area contributed by atoms with Crippen molar-refractivity contribution in [3.8, 4) is 0 Å². The Morgan fingerprint density at radius 2 is 1.43 bits per heavy atom. The summed E-state index contributed by atoms with van der Waals surface area (Å²) < 4.78 is 2.65. The first-order valence-electron chi connectivity index (χ1n) is 4.84. The SMILES string of the molecule is C/C(=C\Cl)SN([Si](C)(C)C)[Si](C)(C)C.